The van der Waals surface area contributed by atoms with Gasteiger partial charge in [0, 0.05) is 30.9 Å². The Labute approximate surface area is 91.9 Å². The zero-order valence-electron chi connectivity index (χ0n) is 9.74. The van der Waals surface area contributed by atoms with Gasteiger partial charge in [0.25, 0.3) is 0 Å². The van der Waals surface area contributed by atoms with E-state index in [1.54, 1.807) is 0 Å². The summed E-state index contributed by atoms with van der Waals surface area (Å²) in [6.07, 6.45) is 7.95. The first kappa shape index (κ1) is 10.7. The summed E-state index contributed by atoms with van der Waals surface area (Å²) in [5.74, 6) is 1.73. The van der Waals surface area contributed by atoms with Gasteiger partial charge in [-0.25, -0.2) is 4.98 Å². The fourth-order valence-corrected chi connectivity index (χ4v) is 1.85. The van der Waals surface area contributed by atoms with Gasteiger partial charge in [-0.1, -0.05) is 13.8 Å². The topological polar surface area (TPSA) is 29.9 Å². The molecule has 1 aromatic heterocycles. The maximum Gasteiger partial charge on any atom is 0.111 e. The second-order valence-electron chi connectivity index (χ2n) is 4.72. The lowest BCUT2D eigenvalue weighted by molar-refractivity contribution is 0.552. The second kappa shape index (κ2) is 4.79. The number of aromatic nitrogens is 2. The molecular formula is C12H21N3. The second-order valence-corrected chi connectivity index (χ2v) is 4.72. The van der Waals surface area contributed by atoms with Crippen LogP contribution in [0.4, 0.5) is 0 Å². The van der Waals surface area contributed by atoms with Crippen molar-refractivity contribution in [1.29, 1.82) is 0 Å². The number of hydrogen-bond donors (Lipinski definition) is 1. The molecule has 1 N–H and O–H groups in total. The fourth-order valence-electron chi connectivity index (χ4n) is 1.85. The van der Waals surface area contributed by atoms with Gasteiger partial charge in [0.2, 0.25) is 0 Å². The van der Waals surface area contributed by atoms with Gasteiger partial charge >= 0.3 is 0 Å². The normalized spacial score (nSPS) is 16.2. The smallest absolute Gasteiger partial charge is 0.111 e. The Morgan fingerprint density at radius 3 is 3.00 bits per heavy atom. The van der Waals surface area contributed by atoms with Crippen molar-refractivity contribution in [3.8, 4) is 0 Å². The minimum Gasteiger partial charge on any atom is -0.335 e. The van der Waals surface area contributed by atoms with Crippen LogP contribution in [0.2, 0.25) is 0 Å². The average Bonchev–Trinajstić information content (AvgIpc) is 2.90. The number of rotatable bonds is 6. The van der Waals surface area contributed by atoms with E-state index in [1.165, 1.54) is 25.1 Å². The molecule has 3 nitrogen and oxygen atoms in total. The Morgan fingerprint density at radius 2 is 2.33 bits per heavy atom. The standard InChI is InChI=1S/C12H21N3/c1-10(2)12-14-7-9-15(12)8-3-6-13-11-4-5-11/h7,9-11,13H,3-6,8H2,1-2H3. The predicted molar refractivity (Wildman–Crippen MR) is 62.0 cm³/mol. The maximum atomic E-state index is 4.38. The molecule has 0 saturated heterocycles. The van der Waals surface area contributed by atoms with Gasteiger partial charge in [-0.2, -0.15) is 0 Å². The molecule has 1 fully saturated rings. The molecule has 84 valence electrons. The van der Waals surface area contributed by atoms with Crippen LogP contribution in [0.3, 0.4) is 0 Å². The summed E-state index contributed by atoms with van der Waals surface area (Å²) in [6, 6.07) is 0.831. The highest BCUT2D eigenvalue weighted by Crippen LogP contribution is 2.18. The molecule has 15 heavy (non-hydrogen) atoms. The van der Waals surface area contributed by atoms with Crippen molar-refractivity contribution in [2.45, 2.75) is 51.6 Å². The Bertz CT molecular complexity index is 300. The highest BCUT2D eigenvalue weighted by molar-refractivity contribution is 4.97. The molecular weight excluding hydrogens is 186 g/mol. The molecule has 0 aromatic carbocycles. The summed E-state index contributed by atoms with van der Waals surface area (Å²) in [5, 5.41) is 3.53. The SMILES string of the molecule is CC(C)c1nccn1CCCNC1CC1. The molecule has 0 spiro atoms. The molecule has 0 bridgehead atoms. The van der Waals surface area contributed by atoms with E-state index in [1.807, 2.05) is 6.20 Å². The van der Waals surface area contributed by atoms with Crippen LogP contribution in [0.5, 0.6) is 0 Å². The van der Waals surface area contributed by atoms with Crippen molar-refractivity contribution in [2.75, 3.05) is 6.54 Å². The van der Waals surface area contributed by atoms with Crippen LogP contribution in [-0.4, -0.2) is 22.1 Å². The van der Waals surface area contributed by atoms with E-state index in [0.29, 0.717) is 5.92 Å². The lowest BCUT2D eigenvalue weighted by atomic mass is 10.2. The molecule has 3 heteroatoms. The van der Waals surface area contributed by atoms with E-state index in [-0.39, 0.29) is 0 Å². The molecule has 0 amide bonds. The minimum absolute atomic E-state index is 0.524. The van der Waals surface area contributed by atoms with Crippen LogP contribution in [0.15, 0.2) is 12.4 Å². The first-order valence-corrected chi connectivity index (χ1v) is 6.02. The molecule has 1 heterocycles. The fraction of sp³-hybridized carbons (Fsp3) is 0.750. The van der Waals surface area contributed by atoms with Crippen molar-refractivity contribution in [3.63, 3.8) is 0 Å². The van der Waals surface area contributed by atoms with Crippen LogP contribution in [0.1, 0.15) is 44.9 Å². The molecule has 0 unspecified atom stereocenters. The van der Waals surface area contributed by atoms with E-state index < -0.39 is 0 Å². The van der Waals surface area contributed by atoms with E-state index in [4.69, 9.17) is 0 Å². The molecule has 1 saturated carbocycles. The Hall–Kier alpha value is -0.830. The zero-order chi connectivity index (χ0) is 10.7. The number of aryl methyl sites for hydroxylation is 1. The van der Waals surface area contributed by atoms with Crippen LogP contribution < -0.4 is 5.32 Å². The molecule has 1 aliphatic rings. The van der Waals surface area contributed by atoms with Gasteiger partial charge < -0.3 is 9.88 Å². The molecule has 0 radical (unpaired) electrons. The monoisotopic (exact) mass is 207 g/mol. The Balaban J connectivity index is 1.73. The van der Waals surface area contributed by atoms with Gasteiger partial charge in [0.15, 0.2) is 0 Å². The van der Waals surface area contributed by atoms with Crippen molar-refractivity contribution < 1.29 is 0 Å². The van der Waals surface area contributed by atoms with Crippen molar-refractivity contribution in [1.82, 2.24) is 14.9 Å². The Morgan fingerprint density at radius 1 is 1.53 bits per heavy atom. The largest absolute Gasteiger partial charge is 0.335 e. The van der Waals surface area contributed by atoms with Gasteiger partial charge in [-0.3, -0.25) is 0 Å². The van der Waals surface area contributed by atoms with Crippen LogP contribution in [0, 0.1) is 0 Å². The highest BCUT2D eigenvalue weighted by Gasteiger charge is 2.19. The summed E-state index contributed by atoms with van der Waals surface area (Å²) in [6.45, 7) is 6.62. The van der Waals surface area contributed by atoms with Crippen molar-refractivity contribution >= 4 is 0 Å². The quantitative estimate of drug-likeness (QED) is 0.724. The van der Waals surface area contributed by atoms with Crippen molar-refractivity contribution in [2.24, 2.45) is 0 Å². The predicted octanol–water partition coefficient (Wildman–Crippen LogP) is 2.15. The lowest BCUT2D eigenvalue weighted by Gasteiger charge is -2.10. The average molecular weight is 207 g/mol. The summed E-state index contributed by atoms with van der Waals surface area (Å²) in [7, 11) is 0. The van der Waals surface area contributed by atoms with E-state index in [0.717, 1.165) is 19.1 Å². The summed E-state index contributed by atoms with van der Waals surface area (Å²) in [4.78, 5) is 4.38. The lowest BCUT2D eigenvalue weighted by Crippen LogP contribution is -2.19. The molecule has 0 atom stereocenters. The van der Waals surface area contributed by atoms with Gasteiger partial charge in [-0.15, -0.1) is 0 Å². The zero-order valence-corrected chi connectivity index (χ0v) is 9.74. The van der Waals surface area contributed by atoms with Gasteiger partial charge in [0.05, 0.1) is 0 Å². The minimum atomic E-state index is 0.524. The first-order chi connectivity index (χ1) is 7.27. The maximum absolute atomic E-state index is 4.38. The first-order valence-electron chi connectivity index (χ1n) is 6.02. The highest BCUT2D eigenvalue weighted by atomic mass is 15.1. The Kier molecular flexibility index (Phi) is 3.41. The van der Waals surface area contributed by atoms with Gasteiger partial charge in [-0.05, 0) is 25.8 Å². The molecule has 0 aliphatic heterocycles. The number of imidazole rings is 1. The van der Waals surface area contributed by atoms with Crippen LogP contribution in [0.25, 0.3) is 0 Å². The third kappa shape index (κ3) is 3.06. The van der Waals surface area contributed by atoms with E-state index >= 15 is 0 Å². The van der Waals surface area contributed by atoms with Crippen molar-refractivity contribution in [3.05, 3.63) is 18.2 Å². The van der Waals surface area contributed by atoms with Crippen LogP contribution in [-0.2, 0) is 6.54 Å². The number of hydrogen-bond acceptors (Lipinski definition) is 2. The molecule has 1 aromatic rings. The summed E-state index contributed by atoms with van der Waals surface area (Å²) >= 11 is 0. The summed E-state index contributed by atoms with van der Waals surface area (Å²) < 4.78 is 2.28. The number of nitrogens with zero attached hydrogens (tertiary/aromatic N) is 2. The number of nitrogens with one attached hydrogen (secondary N) is 1. The third-order valence-corrected chi connectivity index (χ3v) is 2.85. The van der Waals surface area contributed by atoms with E-state index in [9.17, 15) is 0 Å². The molecule has 1 aliphatic carbocycles. The van der Waals surface area contributed by atoms with Crippen LogP contribution >= 0.6 is 0 Å². The molecule has 2 rings (SSSR count). The van der Waals surface area contributed by atoms with E-state index in [2.05, 4.69) is 34.9 Å². The van der Waals surface area contributed by atoms with Gasteiger partial charge in [0.1, 0.15) is 5.82 Å². The summed E-state index contributed by atoms with van der Waals surface area (Å²) in [5.41, 5.74) is 0. The third-order valence-electron chi connectivity index (χ3n) is 2.85.